The number of aromatic nitrogens is 2. The molecule has 1 amide bonds. The average molecular weight is 394 g/mol. The summed E-state index contributed by atoms with van der Waals surface area (Å²) < 4.78 is 7.50. The van der Waals surface area contributed by atoms with Crippen LogP contribution in [0.1, 0.15) is 44.0 Å². The minimum Gasteiger partial charge on any atom is -0.497 e. The van der Waals surface area contributed by atoms with E-state index in [1.807, 2.05) is 30.3 Å². The number of nitrogens with zero attached hydrogens (tertiary/aromatic N) is 2. The van der Waals surface area contributed by atoms with Crippen molar-refractivity contribution in [3.63, 3.8) is 0 Å². The van der Waals surface area contributed by atoms with Crippen molar-refractivity contribution in [2.45, 2.75) is 52.0 Å². The highest BCUT2D eigenvalue weighted by Crippen LogP contribution is 2.18. The molecule has 5 heteroatoms. The van der Waals surface area contributed by atoms with Crippen LogP contribution in [0.3, 0.4) is 0 Å². The molecule has 0 atom stereocenters. The molecule has 0 fully saturated rings. The zero-order valence-electron chi connectivity index (χ0n) is 17.5. The number of carbonyl (C=O) groups excluding carboxylic acids is 1. The lowest BCUT2D eigenvalue weighted by Crippen LogP contribution is -2.26. The Bertz CT molecular complexity index is 916. The Hall–Kier alpha value is -2.82. The lowest BCUT2D eigenvalue weighted by Gasteiger charge is -2.10. The summed E-state index contributed by atoms with van der Waals surface area (Å²) in [5.74, 6) is 1.97. The maximum absolute atomic E-state index is 12.2. The predicted octanol–water partition coefficient (Wildman–Crippen LogP) is 4.53. The van der Waals surface area contributed by atoms with E-state index in [-0.39, 0.29) is 5.91 Å². The number of aryl methyl sites for hydroxylation is 2. The van der Waals surface area contributed by atoms with Gasteiger partial charge in [0.1, 0.15) is 11.6 Å². The molecule has 154 valence electrons. The van der Waals surface area contributed by atoms with Crippen LogP contribution in [0.4, 0.5) is 0 Å². The molecule has 0 saturated heterocycles. The second-order valence-electron chi connectivity index (χ2n) is 7.35. The van der Waals surface area contributed by atoms with Crippen molar-refractivity contribution < 1.29 is 9.53 Å². The molecule has 0 saturated carbocycles. The van der Waals surface area contributed by atoms with Gasteiger partial charge in [0.25, 0.3) is 0 Å². The number of amides is 1. The van der Waals surface area contributed by atoms with Crippen LogP contribution < -0.4 is 10.1 Å². The normalized spacial score (nSPS) is 11.0. The minimum absolute atomic E-state index is 0.0478. The molecular weight excluding hydrogens is 362 g/mol. The number of carbonyl (C=O) groups is 1. The van der Waals surface area contributed by atoms with Crippen molar-refractivity contribution >= 4 is 16.9 Å². The van der Waals surface area contributed by atoms with E-state index >= 15 is 0 Å². The molecule has 0 aliphatic rings. The second-order valence-corrected chi connectivity index (χ2v) is 7.35. The van der Waals surface area contributed by atoms with E-state index < -0.39 is 0 Å². The maximum Gasteiger partial charge on any atom is 0.224 e. The Kier molecular flexibility index (Phi) is 7.68. The Morgan fingerprint density at radius 1 is 1.07 bits per heavy atom. The third-order valence-corrected chi connectivity index (χ3v) is 5.14. The van der Waals surface area contributed by atoms with E-state index in [2.05, 4.69) is 35.0 Å². The molecule has 3 rings (SSSR count). The fourth-order valence-electron chi connectivity index (χ4n) is 3.55. The number of hydrogen-bond acceptors (Lipinski definition) is 3. The number of methoxy groups -OCH3 is 1. The van der Waals surface area contributed by atoms with Crippen molar-refractivity contribution in [3.05, 3.63) is 59.9 Å². The monoisotopic (exact) mass is 393 g/mol. The quantitative estimate of drug-likeness (QED) is 0.487. The van der Waals surface area contributed by atoms with Gasteiger partial charge >= 0.3 is 0 Å². The maximum atomic E-state index is 12.2. The molecule has 0 radical (unpaired) electrons. The summed E-state index contributed by atoms with van der Waals surface area (Å²) in [6, 6.07) is 15.9. The summed E-state index contributed by atoms with van der Waals surface area (Å²) in [5, 5.41) is 3.03. The van der Waals surface area contributed by atoms with E-state index in [9.17, 15) is 4.79 Å². The van der Waals surface area contributed by atoms with Gasteiger partial charge < -0.3 is 14.6 Å². The zero-order chi connectivity index (χ0) is 20.5. The van der Waals surface area contributed by atoms with Gasteiger partial charge in [0.05, 0.1) is 24.6 Å². The predicted molar refractivity (Wildman–Crippen MR) is 117 cm³/mol. The molecule has 0 unspecified atom stereocenters. The van der Waals surface area contributed by atoms with Gasteiger partial charge in [-0.1, -0.05) is 44.0 Å². The molecule has 2 aromatic carbocycles. The number of hydrogen-bond donors (Lipinski definition) is 1. The summed E-state index contributed by atoms with van der Waals surface area (Å²) in [4.78, 5) is 17.0. The summed E-state index contributed by atoms with van der Waals surface area (Å²) in [7, 11) is 1.64. The highest BCUT2D eigenvalue weighted by Gasteiger charge is 2.10. The number of para-hydroxylation sites is 2. The van der Waals surface area contributed by atoms with Gasteiger partial charge in [-0.2, -0.15) is 0 Å². The number of nitrogens with one attached hydrogen (secondary N) is 1. The first-order chi connectivity index (χ1) is 14.2. The summed E-state index contributed by atoms with van der Waals surface area (Å²) in [6.07, 6.45) is 5.74. The molecule has 0 bridgehead atoms. The number of rotatable bonds is 11. The van der Waals surface area contributed by atoms with E-state index in [1.165, 1.54) is 24.8 Å². The number of benzene rings is 2. The van der Waals surface area contributed by atoms with Crippen molar-refractivity contribution in [3.8, 4) is 5.75 Å². The van der Waals surface area contributed by atoms with Gasteiger partial charge in [-0.05, 0) is 42.7 Å². The smallest absolute Gasteiger partial charge is 0.224 e. The Balaban J connectivity index is 1.51. The highest BCUT2D eigenvalue weighted by atomic mass is 16.5. The van der Waals surface area contributed by atoms with Gasteiger partial charge in [0.2, 0.25) is 5.91 Å². The number of imidazole rings is 1. The SMILES string of the molecule is CCCCCn1c(CCCNC(=O)Cc2ccc(OC)cc2)nc2ccccc21. The average Bonchev–Trinajstić information content (AvgIpc) is 3.09. The fourth-order valence-corrected chi connectivity index (χ4v) is 3.55. The molecule has 0 aliphatic heterocycles. The topological polar surface area (TPSA) is 56.2 Å². The van der Waals surface area contributed by atoms with Gasteiger partial charge in [-0.25, -0.2) is 4.98 Å². The largest absolute Gasteiger partial charge is 0.497 e. The molecule has 0 aliphatic carbocycles. The minimum atomic E-state index is 0.0478. The van der Waals surface area contributed by atoms with Crippen molar-refractivity contribution in [2.24, 2.45) is 0 Å². The molecule has 29 heavy (non-hydrogen) atoms. The first-order valence-electron chi connectivity index (χ1n) is 10.5. The molecule has 3 aromatic rings. The van der Waals surface area contributed by atoms with E-state index in [0.717, 1.165) is 42.0 Å². The van der Waals surface area contributed by atoms with Crippen molar-refractivity contribution in [2.75, 3.05) is 13.7 Å². The number of ether oxygens (including phenoxy) is 1. The Labute approximate surface area is 173 Å². The van der Waals surface area contributed by atoms with Crippen molar-refractivity contribution in [1.29, 1.82) is 0 Å². The lowest BCUT2D eigenvalue weighted by atomic mass is 10.1. The van der Waals surface area contributed by atoms with Gasteiger partial charge in [0, 0.05) is 19.5 Å². The van der Waals surface area contributed by atoms with Crippen LogP contribution in [-0.2, 0) is 24.2 Å². The van der Waals surface area contributed by atoms with Crippen molar-refractivity contribution in [1.82, 2.24) is 14.9 Å². The Morgan fingerprint density at radius 3 is 2.62 bits per heavy atom. The molecule has 1 heterocycles. The molecule has 5 nitrogen and oxygen atoms in total. The van der Waals surface area contributed by atoms with E-state index in [1.54, 1.807) is 7.11 Å². The van der Waals surface area contributed by atoms with Crippen LogP contribution in [0.25, 0.3) is 11.0 Å². The summed E-state index contributed by atoms with van der Waals surface area (Å²) in [6.45, 7) is 3.89. The Morgan fingerprint density at radius 2 is 1.86 bits per heavy atom. The first kappa shape index (κ1) is 20.9. The van der Waals surface area contributed by atoms with Gasteiger partial charge in [0.15, 0.2) is 0 Å². The van der Waals surface area contributed by atoms with Gasteiger partial charge in [-0.15, -0.1) is 0 Å². The third-order valence-electron chi connectivity index (χ3n) is 5.14. The molecule has 1 aromatic heterocycles. The first-order valence-corrected chi connectivity index (χ1v) is 10.5. The van der Waals surface area contributed by atoms with Gasteiger partial charge in [-0.3, -0.25) is 4.79 Å². The standard InChI is InChI=1S/C24H31N3O2/c1-3-4-7-17-27-22-10-6-5-9-21(22)26-23(27)11-8-16-25-24(28)18-19-12-14-20(29-2)15-13-19/h5-6,9-10,12-15H,3-4,7-8,11,16-18H2,1-2H3,(H,25,28). The van der Waals surface area contributed by atoms with Crippen LogP contribution in [-0.4, -0.2) is 29.1 Å². The lowest BCUT2D eigenvalue weighted by molar-refractivity contribution is -0.120. The fraction of sp³-hybridized carbons (Fsp3) is 0.417. The van der Waals surface area contributed by atoms with Crippen LogP contribution >= 0.6 is 0 Å². The highest BCUT2D eigenvalue weighted by molar-refractivity contribution is 5.78. The van der Waals surface area contributed by atoms with Crippen LogP contribution in [0.2, 0.25) is 0 Å². The van der Waals surface area contributed by atoms with Crippen LogP contribution in [0.5, 0.6) is 5.75 Å². The zero-order valence-corrected chi connectivity index (χ0v) is 17.5. The van der Waals surface area contributed by atoms with Crippen LogP contribution in [0, 0.1) is 0 Å². The van der Waals surface area contributed by atoms with E-state index in [4.69, 9.17) is 9.72 Å². The third kappa shape index (κ3) is 5.83. The molecular formula is C24H31N3O2. The number of unbranched alkanes of at least 4 members (excludes halogenated alkanes) is 2. The second kappa shape index (κ2) is 10.6. The summed E-state index contributed by atoms with van der Waals surface area (Å²) in [5.41, 5.74) is 3.26. The molecule has 0 spiro atoms. The summed E-state index contributed by atoms with van der Waals surface area (Å²) >= 11 is 0. The number of fused-ring (bicyclic) bond motifs is 1. The molecule has 1 N–H and O–H groups in total. The van der Waals surface area contributed by atoms with Crippen LogP contribution in [0.15, 0.2) is 48.5 Å². The van der Waals surface area contributed by atoms with E-state index in [0.29, 0.717) is 13.0 Å².